The molecule has 11 heteroatoms. The number of rotatable bonds is 6. The van der Waals surface area contributed by atoms with Crippen molar-refractivity contribution >= 4 is 33.3 Å². The van der Waals surface area contributed by atoms with E-state index in [-0.39, 0.29) is 9.90 Å². The first-order valence-electron chi connectivity index (χ1n) is 5.10. The monoisotopic (exact) mass is 324 g/mol. The molecule has 1 rings (SSSR count). The molecule has 0 fully saturated rings. The van der Waals surface area contributed by atoms with Crippen molar-refractivity contribution in [1.29, 1.82) is 0 Å². The molecule has 9 nitrogen and oxygen atoms in total. The summed E-state index contributed by atoms with van der Waals surface area (Å²) in [6, 6.07) is 0. The van der Waals surface area contributed by atoms with Gasteiger partial charge in [0.25, 0.3) is 10.0 Å². The molecule has 1 heterocycles. The summed E-state index contributed by atoms with van der Waals surface area (Å²) in [4.78, 5) is 25.9. The minimum Gasteiger partial charge on any atom is -0.467 e. The second-order valence-electron chi connectivity index (χ2n) is 3.37. The summed E-state index contributed by atoms with van der Waals surface area (Å²) in [5, 5.41) is 9.30. The number of sulfonamides is 1. The fourth-order valence-corrected chi connectivity index (χ4v) is 3.35. The molecule has 112 valence electrons. The third-order valence-corrected chi connectivity index (χ3v) is 4.89. The first kappa shape index (κ1) is 16.5. The number of carbonyl (C=O) groups is 2. The van der Waals surface area contributed by atoms with E-state index in [2.05, 4.69) is 14.5 Å². The van der Waals surface area contributed by atoms with Crippen molar-refractivity contribution in [2.45, 2.75) is 10.3 Å². The Morgan fingerprint density at radius 3 is 2.65 bits per heavy atom. The van der Waals surface area contributed by atoms with Crippen LogP contribution in [0.3, 0.4) is 0 Å². The molecule has 0 saturated heterocycles. The number of aliphatic hydroxyl groups is 1. The zero-order valence-electron chi connectivity index (χ0n) is 10.5. The molecule has 0 aromatic carbocycles. The Kier molecular flexibility index (Phi) is 5.56. The molecule has 0 radical (unpaired) electrons. The standard InChI is InChI=1S/C9H12N2O7S2/c1-17-7(13)5(12)3-11-20(15,16)9-6(8(14)18-2)10-4-19-9/h4-5,11-12H,3H2,1-2H3. The van der Waals surface area contributed by atoms with Gasteiger partial charge >= 0.3 is 11.9 Å². The number of hydrogen-bond donors (Lipinski definition) is 2. The number of aromatic nitrogens is 1. The van der Waals surface area contributed by atoms with Gasteiger partial charge in [0.1, 0.15) is 0 Å². The number of nitrogens with one attached hydrogen (secondary N) is 1. The summed E-state index contributed by atoms with van der Waals surface area (Å²) in [6.45, 7) is -0.590. The summed E-state index contributed by atoms with van der Waals surface area (Å²) < 4.78 is 34.1. The van der Waals surface area contributed by atoms with Crippen molar-refractivity contribution < 1.29 is 32.6 Å². The molecular weight excluding hydrogens is 312 g/mol. The van der Waals surface area contributed by atoms with Crippen molar-refractivity contribution in [2.75, 3.05) is 20.8 Å². The lowest BCUT2D eigenvalue weighted by Gasteiger charge is -2.09. The van der Waals surface area contributed by atoms with Gasteiger partial charge in [-0.25, -0.2) is 27.7 Å². The van der Waals surface area contributed by atoms with E-state index in [0.29, 0.717) is 11.3 Å². The van der Waals surface area contributed by atoms with Crippen LogP contribution in [0.5, 0.6) is 0 Å². The Hall–Kier alpha value is -1.56. The predicted octanol–water partition coefficient (Wildman–Crippen LogP) is -1.26. The van der Waals surface area contributed by atoms with E-state index in [4.69, 9.17) is 0 Å². The van der Waals surface area contributed by atoms with E-state index < -0.39 is 34.6 Å². The van der Waals surface area contributed by atoms with Gasteiger partial charge in [0.2, 0.25) is 0 Å². The fourth-order valence-electron chi connectivity index (χ4n) is 1.13. The van der Waals surface area contributed by atoms with Crippen molar-refractivity contribution in [2.24, 2.45) is 0 Å². The molecule has 1 aromatic rings. The topological polar surface area (TPSA) is 132 Å². The van der Waals surface area contributed by atoms with Crippen LogP contribution in [0, 0.1) is 0 Å². The molecule has 0 aliphatic heterocycles. The summed E-state index contributed by atoms with van der Waals surface area (Å²) in [5.74, 6) is -1.88. The Labute approximate surface area is 118 Å². The zero-order chi connectivity index (χ0) is 15.3. The molecule has 0 bridgehead atoms. The molecule has 0 aliphatic carbocycles. The van der Waals surface area contributed by atoms with Gasteiger partial charge in [-0.15, -0.1) is 11.3 Å². The lowest BCUT2D eigenvalue weighted by atomic mass is 10.4. The number of aliphatic hydroxyl groups excluding tert-OH is 1. The lowest BCUT2D eigenvalue weighted by Crippen LogP contribution is -2.37. The molecule has 1 atom stereocenters. The van der Waals surface area contributed by atoms with Crippen LogP contribution < -0.4 is 4.72 Å². The van der Waals surface area contributed by atoms with E-state index >= 15 is 0 Å². The molecule has 1 aromatic heterocycles. The number of esters is 2. The molecule has 1 unspecified atom stereocenters. The van der Waals surface area contributed by atoms with Gasteiger partial charge in [-0.3, -0.25) is 0 Å². The van der Waals surface area contributed by atoms with Gasteiger partial charge in [0.05, 0.1) is 19.7 Å². The van der Waals surface area contributed by atoms with Crippen LogP contribution in [-0.2, 0) is 24.3 Å². The maximum absolute atomic E-state index is 11.9. The van der Waals surface area contributed by atoms with Gasteiger partial charge in [0, 0.05) is 6.54 Å². The minimum absolute atomic E-state index is 0.360. The van der Waals surface area contributed by atoms with Gasteiger partial charge in [-0.05, 0) is 0 Å². The second-order valence-corrected chi connectivity index (χ2v) is 6.19. The highest BCUT2D eigenvalue weighted by molar-refractivity contribution is 7.91. The molecular formula is C9H12N2O7S2. The quantitative estimate of drug-likeness (QED) is 0.620. The van der Waals surface area contributed by atoms with Gasteiger partial charge in [-0.2, -0.15) is 0 Å². The summed E-state index contributed by atoms with van der Waals surface area (Å²) in [5.41, 5.74) is 0.801. The van der Waals surface area contributed by atoms with Crippen LogP contribution in [0.25, 0.3) is 0 Å². The maximum atomic E-state index is 11.9. The lowest BCUT2D eigenvalue weighted by molar-refractivity contribution is -0.149. The third-order valence-electron chi connectivity index (χ3n) is 2.10. The first-order chi connectivity index (χ1) is 9.33. The van der Waals surface area contributed by atoms with Gasteiger partial charge in [0.15, 0.2) is 16.0 Å². The van der Waals surface area contributed by atoms with Crippen LogP contribution in [0.1, 0.15) is 10.5 Å². The predicted molar refractivity (Wildman–Crippen MR) is 66.7 cm³/mol. The van der Waals surface area contributed by atoms with Crippen molar-refractivity contribution in [3.63, 3.8) is 0 Å². The number of hydrogen-bond acceptors (Lipinski definition) is 9. The summed E-state index contributed by atoms with van der Waals surface area (Å²) in [7, 11) is -1.96. The maximum Gasteiger partial charge on any atom is 0.358 e. The van der Waals surface area contributed by atoms with Crippen molar-refractivity contribution in [1.82, 2.24) is 9.71 Å². The summed E-state index contributed by atoms with van der Waals surface area (Å²) >= 11 is 0.706. The number of ether oxygens (including phenoxy) is 2. The van der Waals surface area contributed by atoms with Crippen LogP contribution >= 0.6 is 11.3 Å². The third kappa shape index (κ3) is 3.72. The number of nitrogens with zero attached hydrogens (tertiary/aromatic N) is 1. The number of thiazole rings is 1. The number of carbonyl (C=O) groups excluding carboxylic acids is 2. The first-order valence-corrected chi connectivity index (χ1v) is 7.47. The van der Waals surface area contributed by atoms with Crippen LogP contribution in [-0.4, -0.2) is 57.3 Å². The fraction of sp³-hybridized carbons (Fsp3) is 0.444. The molecule has 20 heavy (non-hydrogen) atoms. The molecule has 2 N–H and O–H groups in total. The van der Waals surface area contributed by atoms with Crippen molar-refractivity contribution in [3.05, 3.63) is 11.2 Å². The molecule has 0 amide bonds. The Morgan fingerprint density at radius 2 is 2.10 bits per heavy atom. The zero-order valence-corrected chi connectivity index (χ0v) is 12.2. The highest BCUT2D eigenvalue weighted by Gasteiger charge is 2.28. The van der Waals surface area contributed by atoms with Gasteiger partial charge < -0.3 is 14.6 Å². The smallest absolute Gasteiger partial charge is 0.358 e. The minimum atomic E-state index is -4.10. The highest BCUT2D eigenvalue weighted by atomic mass is 32.2. The molecule has 0 spiro atoms. The van der Waals surface area contributed by atoms with Gasteiger partial charge in [-0.1, -0.05) is 0 Å². The Bertz CT molecular complexity index is 595. The average molecular weight is 324 g/mol. The largest absolute Gasteiger partial charge is 0.467 e. The number of methoxy groups -OCH3 is 2. The molecule has 0 aliphatic rings. The normalized spacial score (nSPS) is 12.8. The van der Waals surface area contributed by atoms with E-state index in [1.54, 1.807) is 0 Å². The Morgan fingerprint density at radius 1 is 1.45 bits per heavy atom. The van der Waals surface area contributed by atoms with E-state index in [1.807, 2.05) is 4.72 Å². The van der Waals surface area contributed by atoms with Crippen LogP contribution in [0.4, 0.5) is 0 Å². The second kappa shape index (κ2) is 6.74. The Balaban J connectivity index is 2.88. The van der Waals surface area contributed by atoms with E-state index in [0.717, 1.165) is 19.7 Å². The van der Waals surface area contributed by atoms with Crippen molar-refractivity contribution in [3.8, 4) is 0 Å². The summed E-state index contributed by atoms with van der Waals surface area (Å²) in [6.07, 6.45) is -1.65. The van der Waals surface area contributed by atoms with E-state index in [9.17, 15) is 23.1 Å². The van der Waals surface area contributed by atoms with Crippen LogP contribution in [0.2, 0.25) is 0 Å². The highest BCUT2D eigenvalue weighted by Crippen LogP contribution is 2.20. The van der Waals surface area contributed by atoms with Crippen LogP contribution in [0.15, 0.2) is 9.72 Å². The molecule has 0 saturated carbocycles. The average Bonchev–Trinajstić information content (AvgIpc) is 2.93. The SMILES string of the molecule is COC(=O)c1ncsc1S(=O)(=O)NCC(O)C(=O)OC. The van der Waals surface area contributed by atoms with E-state index in [1.165, 1.54) is 0 Å².